The van der Waals surface area contributed by atoms with E-state index in [1.54, 1.807) is 12.1 Å². The van der Waals surface area contributed by atoms with Crippen LogP contribution in [0, 0.1) is 0 Å². The molecule has 0 aliphatic heterocycles. The fraction of sp³-hybridized carbons (Fsp3) is 0.176. The normalized spacial score (nSPS) is 12.9. The van der Waals surface area contributed by atoms with E-state index in [0.717, 1.165) is 16.3 Å². The molecule has 1 aromatic heterocycles. The third-order valence-electron chi connectivity index (χ3n) is 3.56. The maximum atomic E-state index is 11.5. The van der Waals surface area contributed by atoms with E-state index in [1.165, 1.54) is 23.9 Å². The van der Waals surface area contributed by atoms with Gasteiger partial charge in [0.25, 0.3) is 5.22 Å². The zero-order valence-electron chi connectivity index (χ0n) is 13.7. The molecule has 6 nitrogen and oxygen atoms in total. The summed E-state index contributed by atoms with van der Waals surface area (Å²) >= 11 is 4.60. The number of sulfone groups is 1. The van der Waals surface area contributed by atoms with Crippen molar-refractivity contribution in [1.29, 1.82) is 0 Å². The standard InChI is InChI=1S/C17H15BrN2O4S2/c1-26(22,23)14-8-4-11(5-9-14)15(21)10-25-17-20-19-16(24-17)12-2-6-13(18)7-3-12/h2-9,15,21H,10H2,1H3. The lowest BCUT2D eigenvalue weighted by Gasteiger charge is -2.09. The van der Waals surface area contributed by atoms with Gasteiger partial charge in [-0.25, -0.2) is 8.42 Å². The van der Waals surface area contributed by atoms with Crippen LogP contribution in [0.2, 0.25) is 0 Å². The molecule has 0 aliphatic carbocycles. The van der Waals surface area contributed by atoms with Crippen molar-refractivity contribution in [3.8, 4) is 11.5 Å². The summed E-state index contributed by atoms with van der Waals surface area (Å²) in [4.78, 5) is 0.220. The molecule has 1 atom stereocenters. The lowest BCUT2D eigenvalue weighted by atomic mass is 10.1. The van der Waals surface area contributed by atoms with E-state index >= 15 is 0 Å². The second-order valence-electron chi connectivity index (χ2n) is 5.55. The van der Waals surface area contributed by atoms with Gasteiger partial charge in [0.1, 0.15) is 0 Å². The molecule has 0 spiro atoms. The smallest absolute Gasteiger partial charge is 0.276 e. The summed E-state index contributed by atoms with van der Waals surface area (Å²) in [5, 5.41) is 18.6. The quantitative estimate of drug-likeness (QED) is 0.566. The van der Waals surface area contributed by atoms with Crippen LogP contribution in [0.4, 0.5) is 0 Å². The van der Waals surface area contributed by atoms with Crippen LogP contribution < -0.4 is 0 Å². The first-order valence-corrected chi connectivity index (χ1v) is 11.2. The minimum absolute atomic E-state index is 0.220. The molecule has 9 heteroatoms. The van der Waals surface area contributed by atoms with Crippen LogP contribution in [0.3, 0.4) is 0 Å². The first kappa shape index (κ1) is 19.1. The lowest BCUT2D eigenvalue weighted by molar-refractivity contribution is 0.203. The van der Waals surface area contributed by atoms with Crippen molar-refractivity contribution in [1.82, 2.24) is 10.2 Å². The minimum atomic E-state index is -3.25. The Labute approximate surface area is 163 Å². The second kappa shape index (κ2) is 7.91. The molecule has 1 heterocycles. The average Bonchev–Trinajstić information content (AvgIpc) is 3.08. The molecule has 0 fully saturated rings. The van der Waals surface area contributed by atoms with Crippen LogP contribution in [0.25, 0.3) is 11.5 Å². The number of rotatable bonds is 6. The molecule has 0 saturated heterocycles. The fourth-order valence-electron chi connectivity index (χ4n) is 2.16. The Kier molecular flexibility index (Phi) is 5.81. The highest BCUT2D eigenvalue weighted by Gasteiger charge is 2.14. The highest BCUT2D eigenvalue weighted by molar-refractivity contribution is 9.10. The Balaban J connectivity index is 1.63. The lowest BCUT2D eigenvalue weighted by Crippen LogP contribution is -2.02. The molecular weight excluding hydrogens is 440 g/mol. The van der Waals surface area contributed by atoms with Crippen molar-refractivity contribution in [2.75, 3.05) is 12.0 Å². The molecule has 1 unspecified atom stereocenters. The Morgan fingerprint density at radius 1 is 1.12 bits per heavy atom. The van der Waals surface area contributed by atoms with Gasteiger partial charge in [0.2, 0.25) is 5.89 Å². The summed E-state index contributed by atoms with van der Waals surface area (Å²) in [5.41, 5.74) is 1.43. The third-order valence-corrected chi connectivity index (χ3v) is 6.11. The molecule has 0 radical (unpaired) electrons. The van der Waals surface area contributed by atoms with Gasteiger partial charge in [-0.1, -0.05) is 39.8 Å². The first-order chi connectivity index (χ1) is 12.3. The number of aliphatic hydroxyl groups excluding tert-OH is 1. The highest BCUT2D eigenvalue weighted by atomic mass is 79.9. The monoisotopic (exact) mass is 454 g/mol. The van der Waals surface area contributed by atoms with Gasteiger partial charge >= 0.3 is 0 Å². The van der Waals surface area contributed by atoms with Gasteiger partial charge in [-0.05, 0) is 42.0 Å². The van der Waals surface area contributed by atoms with Gasteiger partial charge in [0.05, 0.1) is 11.0 Å². The van der Waals surface area contributed by atoms with E-state index in [9.17, 15) is 13.5 Å². The number of hydrogen-bond acceptors (Lipinski definition) is 7. The van der Waals surface area contributed by atoms with Crippen molar-refractivity contribution in [3.63, 3.8) is 0 Å². The maximum Gasteiger partial charge on any atom is 0.276 e. The number of aromatic nitrogens is 2. The summed E-state index contributed by atoms with van der Waals surface area (Å²) in [6.45, 7) is 0. The van der Waals surface area contributed by atoms with Crippen molar-refractivity contribution >= 4 is 37.5 Å². The topological polar surface area (TPSA) is 93.3 Å². The zero-order chi connectivity index (χ0) is 18.7. The van der Waals surface area contributed by atoms with Crippen LogP contribution in [0.1, 0.15) is 11.7 Å². The third kappa shape index (κ3) is 4.73. The summed E-state index contributed by atoms with van der Waals surface area (Å²) in [6.07, 6.45) is 0.365. The second-order valence-corrected chi connectivity index (χ2v) is 9.45. The van der Waals surface area contributed by atoms with Gasteiger partial charge in [-0.15, -0.1) is 10.2 Å². The molecule has 1 N–H and O–H groups in total. The van der Waals surface area contributed by atoms with Crippen LogP contribution in [-0.2, 0) is 9.84 Å². The molecule has 26 heavy (non-hydrogen) atoms. The van der Waals surface area contributed by atoms with E-state index in [-0.39, 0.29) is 4.90 Å². The number of thioether (sulfide) groups is 1. The molecule has 0 saturated carbocycles. The molecule has 3 rings (SSSR count). The number of benzene rings is 2. The Morgan fingerprint density at radius 2 is 1.77 bits per heavy atom. The predicted octanol–water partition coefficient (Wildman–Crippen LogP) is 3.73. The Bertz CT molecular complexity index is 986. The van der Waals surface area contributed by atoms with E-state index < -0.39 is 15.9 Å². The molecule has 3 aromatic rings. The van der Waals surface area contributed by atoms with Crippen LogP contribution in [-0.4, -0.2) is 35.7 Å². The van der Waals surface area contributed by atoms with E-state index in [0.29, 0.717) is 22.4 Å². The van der Waals surface area contributed by atoms with E-state index in [1.807, 2.05) is 24.3 Å². The molecular formula is C17H15BrN2O4S2. The Hall–Kier alpha value is -1.68. The highest BCUT2D eigenvalue weighted by Crippen LogP contribution is 2.27. The van der Waals surface area contributed by atoms with E-state index in [2.05, 4.69) is 26.1 Å². The molecule has 0 amide bonds. The average molecular weight is 455 g/mol. The summed E-state index contributed by atoms with van der Waals surface area (Å²) in [5.74, 6) is 0.715. The zero-order valence-corrected chi connectivity index (χ0v) is 16.9. The predicted molar refractivity (Wildman–Crippen MR) is 103 cm³/mol. The molecule has 0 aliphatic rings. The van der Waals surface area contributed by atoms with Crippen LogP contribution >= 0.6 is 27.7 Å². The van der Waals surface area contributed by atoms with Crippen LogP contribution in [0.5, 0.6) is 0 Å². The first-order valence-electron chi connectivity index (χ1n) is 7.53. The largest absolute Gasteiger partial charge is 0.411 e. The van der Waals surface area contributed by atoms with Gasteiger partial charge < -0.3 is 9.52 Å². The summed E-state index contributed by atoms with van der Waals surface area (Å²) in [6, 6.07) is 13.7. The van der Waals surface area contributed by atoms with Gasteiger partial charge in [-0.3, -0.25) is 0 Å². The van der Waals surface area contributed by atoms with Gasteiger partial charge in [0.15, 0.2) is 9.84 Å². The SMILES string of the molecule is CS(=O)(=O)c1ccc(C(O)CSc2nnc(-c3ccc(Br)cc3)o2)cc1. The van der Waals surface area contributed by atoms with Crippen molar-refractivity contribution in [2.24, 2.45) is 0 Å². The number of nitrogens with zero attached hydrogens (tertiary/aromatic N) is 2. The van der Waals surface area contributed by atoms with Crippen molar-refractivity contribution < 1.29 is 17.9 Å². The molecule has 2 aromatic carbocycles. The maximum absolute atomic E-state index is 11.5. The number of aliphatic hydroxyl groups is 1. The minimum Gasteiger partial charge on any atom is -0.411 e. The number of halogens is 1. The fourth-order valence-corrected chi connectivity index (χ4v) is 3.78. The molecule has 136 valence electrons. The van der Waals surface area contributed by atoms with Crippen molar-refractivity contribution in [3.05, 3.63) is 58.6 Å². The summed E-state index contributed by atoms with van der Waals surface area (Å²) in [7, 11) is -3.25. The van der Waals surface area contributed by atoms with Gasteiger partial charge in [0, 0.05) is 22.0 Å². The summed E-state index contributed by atoms with van der Waals surface area (Å²) < 4.78 is 29.5. The van der Waals surface area contributed by atoms with Crippen molar-refractivity contribution in [2.45, 2.75) is 16.2 Å². The molecule has 0 bridgehead atoms. The number of hydrogen-bond donors (Lipinski definition) is 1. The van der Waals surface area contributed by atoms with E-state index in [4.69, 9.17) is 4.42 Å². The van der Waals surface area contributed by atoms with Crippen LogP contribution in [0.15, 0.2) is 67.5 Å². The van der Waals surface area contributed by atoms with Gasteiger partial charge in [-0.2, -0.15) is 0 Å². The Morgan fingerprint density at radius 3 is 2.38 bits per heavy atom.